The number of carbonyl (C=O) groups excluding carboxylic acids is 1. The zero-order chi connectivity index (χ0) is 16.9. The monoisotopic (exact) mass is 396 g/mol. The summed E-state index contributed by atoms with van der Waals surface area (Å²) in [6.45, 7) is 2.57. The van der Waals surface area contributed by atoms with Crippen LogP contribution in [0.2, 0.25) is 0 Å². The van der Waals surface area contributed by atoms with Gasteiger partial charge >= 0.3 is 0 Å². The first-order valence-electron chi connectivity index (χ1n) is 7.05. The maximum Gasteiger partial charge on any atom is 0.251 e. The predicted octanol–water partition coefficient (Wildman–Crippen LogP) is 2.68. The van der Waals surface area contributed by atoms with E-state index in [-0.39, 0.29) is 17.3 Å². The summed E-state index contributed by atoms with van der Waals surface area (Å²) < 4.78 is 27.7. The van der Waals surface area contributed by atoms with Crippen molar-refractivity contribution in [3.8, 4) is 0 Å². The van der Waals surface area contributed by atoms with Gasteiger partial charge in [-0.2, -0.15) is 0 Å². The van der Waals surface area contributed by atoms with Gasteiger partial charge in [0.1, 0.15) is 0 Å². The van der Waals surface area contributed by atoms with Crippen LogP contribution in [0.15, 0.2) is 57.9 Å². The Morgan fingerprint density at radius 2 is 1.83 bits per heavy atom. The van der Waals surface area contributed by atoms with Crippen molar-refractivity contribution in [1.82, 2.24) is 10.0 Å². The number of nitrogens with one attached hydrogen (secondary N) is 2. The molecule has 0 aromatic heterocycles. The maximum absolute atomic E-state index is 12.2. The van der Waals surface area contributed by atoms with Crippen LogP contribution in [0.4, 0.5) is 0 Å². The minimum atomic E-state index is -3.58. The van der Waals surface area contributed by atoms with Crippen molar-refractivity contribution >= 4 is 31.9 Å². The maximum atomic E-state index is 12.2. The Kier molecular flexibility index (Phi) is 5.92. The van der Waals surface area contributed by atoms with E-state index < -0.39 is 10.0 Å². The Morgan fingerprint density at radius 3 is 2.43 bits per heavy atom. The Morgan fingerprint density at radius 1 is 1.13 bits per heavy atom. The van der Waals surface area contributed by atoms with E-state index in [0.29, 0.717) is 16.6 Å². The van der Waals surface area contributed by atoms with E-state index >= 15 is 0 Å². The topological polar surface area (TPSA) is 75.3 Å². The Labute approximate surface area is 144 Å². The minimum absolute atomic E-state index is 0.145. The quantitative estimate of drug-likeness (QED) is 0.787. The van der Waals surface area contributed by atoms with Crippen molar-refractivity contribution < 1.29 is 13.2 Å². The third kappa shape index (κ3) is 4.89. The zero-order valence-electron chi connectivity index (χ0n) is 12.5. The smallest absolute Gasteiger partial charge is 0.251 e. The van der Waals surface area contributed by atoms with Gasteiger partial charge in [0.15, 0.2) is 0 Å². The van der Waals surface area contributed by atoms with Crippen LogP contribution >= 0.6 is 15.9 Å². The summed E-state index contributed by atoms with van der Waals surface area (Å²) in [4.78, 5) is 11.9. The highest BCUT2D eigenvalue weighted by molar-refractivity contribution is 9.10. The molecule has 0 spiro atoms. The zero-order valence-corrected chi connectivity index (χ0v) is 14.9. The van der Waals surface area contributed by atoms with E-state index in [2.05, 4.69) is 26.0 Å². The van der Waals surface area contributed by atoms with Gasteiger partial charge in [-0.15, -0.1) is 0 Å². The first-order chi connectivity index (χ1) is 10.9. The highest BCUT2D eigenvalue weighted by Gasteiger charge is 2.14. The molecule has 2 N–H and O–H groups in total. The van der Waals surface area contributed by atoms with E-state index in [9.17, 15) is 13.2 Å². The lowest BCUT2D eigenvalue weighted by atomic mass is 10.1. The average Bonchev–Trinajstić information content (AvgIpc) is 2.54. The summed E-state index contributed by atoms with van der Waals surface area (Å²) in [5.74, 6) is -0.145. The molecule has 0 aliphatic carbocycles. The number of benzene rings is 2. The molecular weight excluding hydrogens is 380 g/mol. The highest BCUT2D eigenvalue weighted by atomic mass is 79.9. The van der Waals surface area contributed by atoms with E-state index in [1.54, 1.807) is 42.5 Å². The van der Waals surface area contributed by atoms with E-state index in [4.69, 9.17) is 0 Å². The molecule has 2 aromatic carbocycles. The van der Waals surface area contributed by atoms with Crippen LogP contribution in [0.25, 0.3) is 0 Å². The summed E-state index contributed by atoms with van der Waals surface area (Å²) >= 11 is 3.25. The highest BCUT2D eigenvalue weighted by Crippen LogP contribution is 2.16. The van der Waals surface area contributed by atoms with Crippen molar-refractivity contribution in [2.45, 2.75) is 18.4 Å². The van der Waals surface area contributed by atoms with Crippen LogP contribution in [0.1, 0.15) is 22.8 Å². The third-order valence-corrected chi connectivity index (χ3v) is 5.02. The van der Waals surface area contributed by atoms with Gasteiger partial charge in [0.25, 0.3) is 5.91 Å². The number of halogens is 1. The predicted molar refractivity (Wildman–Crippen MR) is 92.6 cm³/mol. The summed E-state index contributed by atoms with van der Waals surface area (Å²) in [5.41, 5.74) is 1.32. The number of amides is 1. The van der Waals surface area contributed by atoms with Crippen molar-refractivity contribution in [2.75, 3.05) is 6.54 Å². The molecule has 23 heavy (non-hydrogen) atoms. The Bertz CT molecular complexity index is 789. The number of carbonyl (C=O) groups is 1. The molecule has 5 nitrogen and oxygen atoms in total. The van der Waals surface area contributed by atoms with Gasteiger partial charge in [-0.1, -0.05) is 34.1 Å². The normalized spacial score (nSPS) is 11.2. The second-order valence-corrected chi connectivity index (χ2v) is 7.52. The number of sulfonamides is 1. The first-order valence-corrected chi connectivity index (χ1v) is 9.32. The SMILES string of the molecule is CCNC(=O)c1ccc(CNS(=O)(=O)c2cccc(Br)c2)cc1. The second-order valence-electron chi connectivity index (χ2n) is 4.84. The standard InChI is InChI=1S/C16H17BrN2O3S/c1-2-18-16(20)13-8-6-12(7-9-13)11-19-23(21,22)15-5-3-4-14(17)10-15/h3-10,19H,2,11H2,1H3,(H,18,20). The number of hydrogen-bond donors (Lipinski definition) is 2. The van der Waals surface area contributed by atoms with Crippen molar-refractivity contribution in [3.63, 3.8) is 0 Å². The Balaban J connectivity index is 2.04. The lowest BCUT2D eigenvalue weighted by Crippen LogP contribution is -2.24. The lowest BCUT2D eigenvalue weighted by Gasteiger charge is -2.08. The lowest BCUT2D eigenvalue weighted by molar-refractivity contribution is 0.0956. The van der Waals surface area contributed by atoms with Gasteiger partial charge in [-0.25, -0.2) is 13.1 Å². The molecule has 0 heterocycles. The summed E-state index contributed by atoms with van der Waals surface area (Å²) in [6.07, 6.45) is 0. The molecule has 122 valence electrons. The molecule has 1 amide bonds. The molecule has 0 saturated heterocycles. The van der Waals surface area contributed by atoms with Crippen molar-refractivity contribution in [3.05, 3.63) is 64.1 Å². The van der Waals surface area contributed by atoms with Crippen LogP contribution in [0, 0.1) is 0 Å². The summed E-state index contributed by atoms with van der Waals surface area (Å²) in [6, 6.07) is 13.3. The second kappa shape index (κ2) is 7.72. The van der Waals surface area contributed by atoms with Crippen LogP contribution in [-0.4, -0.2) is 20.9 Å². The molecule has 0 fully saturated rings. The molecule has 2 rings (SSSR count). The van der Waals surface area contributed by atoms with Gasteiger partial charge < -0.3 is 5.32 Å². The molecule has 0 saturated carbocycles. The largest absolute Gasteiger partial charge is 0.352 e. The van der Waals surface area contributed by atoms with Crippen LogP contribution < -0.4 is 10.0 Å². The van der Waals surface area contributed by atoms with Crippen LogP contribution in [0.3, 0.4) is 0 Å². The van der Waals surface area contributed by atoms with Gasteiger partial charge in [-0.3, -0.25) is 4.79 Å². The Hall–Kier alpha value is -1.70. The van der Waals surface area contributed by atoms with Crippen LogP contribution in [0.5, 0.6) is 0 Å². The summed E-state index contributed by atoms with van der Waals surface area (Å²) in [5, 5.41) is 2.71. The van der Waals surface area contributed by atoms with Gasteiger partial charge in [0.05, 0.1) is 4.90 Å². The molecule has 0 unspecified atom stereocenters. The number of hydrogen-bond acceptors (Lipinski definition) is 3. The fourth-order valence-corrected chi connectivity index (χ4v) is 3.55. The van der Waals surface area contributed by atoms with Crippen LogP contribution in [-0.2, 0) is 16.6 Å². The van der Waals surface area contributed by atoms with E-state index in [1.807, 2.05) is 6.92 Å². The van der Waals surface area contributed by atoms with Gasteiger partial charge in [0.2, 0.25) is 10.0 Å². The molecule has 0 bridgehead atoms. The third-order valence-electron chi connectivity index (χ3n) is 3.13. The molecule has 0 atom stereocenters. The van der Waals surface area contributed by atoms with Crippen molar-refractivity contribution in [2.24, 2.45) is 0 Å². The first kappa shape index (κ1) is 17.7. The molecule has 0 aliphatic heterocycles. The van der Waals surface area contributed by atoms with E-state index in [1.165, 1.54) is 6.07 Å². The number of rotatable bonds is 6. The molecule has 0 radical (unpaired) electrons. The molecule has 2 aromatic rings. The molecule has 7 heteroatoms. The summed E-state index contributed by atoms with van der Waals surface area (Å²) in [7, 11) is -3.58. The van der Waals surface area contributed by atoms with Crippen molar-refractivity contribution in [1.29, 1.82) is 0 Å². The van der Waals surface area contributed by atoms with Gasteiger partial charge in [-0.05, 0) is 42.8 Å². The fraction of sp³-hybridized carbons (Fsp3) is 0.188. The average molecular weight is 397 g/mol. The fourth-order valence-electron chi connectivity index (χ4n) is 1.93. The molecular formula is C16H17BrN2O3S. The van der Waals surface area contributed by atoms with Gasteiger partial charge in [0, 0.05) is 23.1 Å². The molecule has 0 aliphatic rings. The minimum Gasteiger partial charge on any atom is -0.352 e. The van der Waals surface area contributed by atoms with E-state index in [0.717, 1.165) is 5.56 Å².